The van der Waals surface area contributed by atoms with Crippen LogP contribution in [0.4, 0.5) is 10.1 Å². The fourth-order valence-electron chi connectivity index (χ4n) is 4.49. The standard InChI is InChI=1S/C25H30FN3O4S/c1-19(30)21-7-10-24(23(26)18-21)27-14-16-28(17-15-27)25(31)11-6-20-4-8-22(9-5-20)34(32,33)29-12-2-3-13-29/h4-5,7-10,18H,2-3,6,11-17H2,1H3. The number of hydrogen-bond donors (Lipinski definition) is 0. The molecule has 2 heterocycles. The summed E-state index contributed by atoms with van der Waals surface area (Å²) < 4.78 is 41.2. The Morgan fingerprint density at radius 2 is 1.56 bits per heavy atom. The number of piperazine rings is 1. The van der Waals surface area contributed by atoms with Gasteiger partial charge in [-0.2, -0.15) is 4.31 Å². The van der Waals surface area contributed by atoms with Gasteiger partial charge in [0.25, 0.3) is 0 Å². The van der Waals surface area contributed by atoms with Crippen LogP contribution in [0.2, 0.25) is 0 Å². The Balaban J connectivity index is 1.28. The molecule has 2 aromatic rings. The highest BCUT2D eigenvalue weighted by Crippen LogP contribution is 2.23. The molecule has 0 aromatic heterocycles. The van der Waals surface area contributed by atoms with Gasteiger partial charge in [0.2, 0.25) is 15.9 Å². The third-order valence-corrected chi connectivity index (χ3v) is 8.49. The molecule has 2 aliphatic rings. The third-order valence-electron chi connectivity index (χ3n) is 6.58. The number of aryl methyl sites for hydroxylation is 1. The highest BCUT2D eigenvalue weighted by atomic mass is 32.2. The van der Waals surface area contributed by atoms with Crippen molar-refractivity contribution in [2.45, 2.75) is 37.5 Å². The molecule has 0 atom stereocenters. The third kappa shape index (κ3) is 5.31. The zero-order chi connectivity index (χ0) is 24.3. The van der Waals surface area contributed by atoms with Crippen molar-refractivity contribution in [3.63, 3.8) is 0 Å². The summed E-state index contributed by atoms with van der Waals surface area (Å²) in [7, 11) is -3.43. The first-order valence-corrected chi connectivity index (χ1v) is 13.1. The topological polar surface area (TPSA) is 78.0 Å². The Morgan fingerprint density at radius 1 is 0.912 bits per heavy atom. The van der Waals surface area contributed by atoms with Crippen molar-refractivity contribution in [2.75, 3.05) is 44.2 Å². The van der Waals surface area contributed by atoms with Gasteiger partial charge in [0, 0.05) is 51.3 Å². The Bertz CT molecular complexity index is 1150. The van der Waals surface area contributed by atoms with Crippen LogP contribution >= 0.6 is 0 Å². The van der Waals surface area contributed by atoms with Crippen LogP contribution in [0.25, 0.3) is 0 Å². The summed E-state index contributed by atoms with van der Waals surface area (Å²) in [5, 5.41) is 0. The van der Waals surface area contributed by atoms with Crippen molar-refractivity contribution in [1.82, 2.24) is 9.21 Å². The smallest absolute Gasteiger partial charge is 0.243 e. The summed E-state index contributed by atoms with van der Waals surface area (Å²) in [6.07, 6.45) is 2.66. The molecule has 2 saturated heterocycles. The zero-order valence-corrected chi connectivity index (χ0v) is 20.2. The number of sulfonamides is 1. The maximum absolute atomic E-state index is 14.4. The number of carbonyl (C=O) groups excluding carboxylic acids is 2. The Hall–Kier alpha value is -2.78. The van der Waals surface area contributed by atoms with E-state index in [-0.39, 0.29) is 11.7 Å². The largest absolute Gasteiger partial charge is 0.366 e. The lowest BCUT2D eigenvalue weighted by Gasteiger charge is -2.36. The van der Waals surface area contributed by atoms with Crippen molar-refractivity contribution in [3.05, 3.63) is 59.4 Å². The zero-order valence-electron chi connectivity index (χ0n) is 19.4. The van der Waals surface area contributed by atoms with Crippen LogP contribution in [0, 0.1) is 5.82 Å². The number of hydrogen-bond acceptors (Lipinski definition) is 5. The maximum Gasteiger partial charge on any atom is 0.243 e. The van der Waals surface area contributed by atoms with Gasteiger partial charge in [-0.15, -0.1) is 0 Å². The quantitative estimate of drug-likeness (QED) is 0.561. The molecular formula is C25H30FN3O4S. The molecule has 0 aliphatic carbocycles. The number of halogens is 1. The SMILES string of the molecule is CC(=O)c1ccc(N2CCN(C(=O)CCc3ccc(S(=O)(=O)N4CCCC4)cc3)CC2)c(F)c1. The molecule has 9 heteroatoms. The van der Waals surface area contributed by atoms with E-state index in [1.54, 1.807) is 41.3 Å². The molecule has 0 bridgehead atoms. The molecule has 2 aromatic carbocycles. The van der Waals surface area contributed by atoms with Gasteiger partial charge in [-0.1, -0.05) is 12.1 Å². The lowest BCUT2D eigenvalue weighted by Crippen LogP contribution is -2.49. The summed E-state index contributed by atoms with van der Waals surface area (Å²) in [6.45, 7) is 4.59. The minimum Gasteiger partial charge on any atom is -0.366 e. The first-order chi connectivity index (χ1) is 16.3. The number of nitrogens with zero attached hydrogens (tertiary/aromatic N) is 3. The Morgan fingerprint density at radius 3 is 2.15 bits per heavy atom. The fourth-order valence-corrected chi connectivity index (χ4v) is 6.01. The summed E-state index contributed by atoms with van der Waals surface area (Å²) in [5.41, 5.74) is 1.71. The van der Waals surface area contributed by atoms with Crippen molar-refractivity contribution in [1.29, 1.82) is 0 Å². The van der Waals surface area contributed by atoms with Crippen LogP contribution in [-0.2, 0) is 21.2 Å². The van der Waals surface area contributed by atoms with Crippen LogP contribution in [0.15, 0.2) is 47.4 Å². The molecule has 0 radical (unpaired) electrons. The van der Waals surface area contributed by atoms with Gasteiger partial charge in [0.15, 0.2) is 5.78 Å². The molecule has 182 valence electrons. The van der Waals surface area contributed by atoms with Gasteiger partial charge < -0.3 is 9.80 Å². The number of benzene rings is 2. The average molecular weight is 488 g/mol. The molecule has 1 amide bonds. The van der Waals surface area contributed by atoms with Crippen LogP contribution in [-0.4, -0.2) is 68.6 Å². The lowest BCUT2D eigenvalue weighted by molar-refractivity contribution is -0.131. The van der Waals surface area contributed by atoms with Gasteiger partial charge in [-0.05, 0) is 62.1 Å². The second kappa shape index (κ2) is 10.2. The first-order valence-electron chi connectivity index (χ1n) is 11.7. The molecule has 4 rings (SSSR count). The minimum atomic E-state index is -3.43. The van der Waals surface area contributed by atoms with E-state index in [0.717, 1.165) is 18.4 Å². The predicted molar refractivity (Wildman–Crippen MR) is 128 cm³/mol. The number of rotatable bonds is 7. The molecule has 7 nitrogen and oxygen atoms in total. The highest BCUT2D eigenvalue weighted by molar-refractivity contribution is 7.89. The van der Waals surface area contributed by atoms with Crippen LogP contribution in [0.1, 0.15) is 42.1 Å². The molecule has 0 saturated carbocycles. The molecule has 0 N–H and O–H groups in total. The van der Waals surface area contributed by atoms with Gasteiger partial charge in [-0.25, -0.2) is 12.8 Å². The van der Waals surface area contributed by atoms with Gasteiger partial charge in [0.05, 0.1) is 10.6 Å². The average Bonchev–Trinajstić information content (AvgIpc) is 3.39. The van der Waals surface area contributed by atoms with Crippen molar-refractivity contribution < 1.29 is 22.4 Å². The maximum atomic E-state index is 14.4. The molecular weight excluding hydrogens is 457 g/mol. The monoisotopic (exact) mass is 487 g/mol. The van der Waals surface area contributed by atoms with Crippen molar-refractivity contribution in [2.24, 2.45) is 0 Å². The number of Topliss-reactive ketones (excluding diaryl/α,β-unsaturated/α-hetero) is 1. The molecule has 34 heavy (non-hydrogen) atoms. The number of amides is 1. The minimum absolute atomic E-state index is 0.0285. The van der Waals surface area contributed by atoms with E-state index in [9.17, 15) is 22.4 Å². The van der Waals surface area contributed by atoms with Crippen molar-refractivity contribution >= 4 is 27.4 Å². The molecule has 2 aliphatic heterocycles. The van der Waals surface area contributed by atoms with E-state index in [1.807, 2.05) is 4.90 Å². The molecule has 0 spiro atoms. The second-order valence-electron chi connectivity index (χ2n) is 8.85. The number of anilines is 1. The predicted octanol–water partition coefficient (Wildman–Crippen LogP) is 3.09. The van der Waals surface area contributed by atoms with Crippen LogP contribution in [0.3, 0.4) is 0 Å². The summed E-state index contributed by atoms with van der Waals surface area (Å²) in [5.74, 6) is -0.577. The number of carbonyl (C=O) groups is 2. The highest BCUT2D eigenvalue weighted by Gasteiger charge is 2.27. The lowest BCUT2D eigenvalue weighted by atomic mass is 10.1. The van der Waals surface area contributed by atoms with E-state index < -0.39 is 15.8 Å². The Labute approximate surface area is 200 Å². The fraction of sp³-hybridized carbons (Fsp3) is 0.440. The van der Waals surface area contributed by atoms with Gasteiger partial charge >= 0.3 is 0 Å². The van der Waals surface area contributed by atoms with Gasteiger partial charge in [0.1, 0.15) is 5.82 Å². The normalized spacial score (nSPS) is 17.2. The summed E-state index contributed by atoms with van der Waals surface area (Å²) in [4.78, 5) is 28.1. The van der Waals surface area contributed by atoms with E-state index in [2.05, 4.69) is 0 Å². The van der Waals surface area contributed by atoms with E-state index in [1.165, 1.54) is 17.3 Å². The van der Waals surface area contributed by atoms with Crippen LogP contribution < -0.4 is 4.90 Å². The second-order valence-corrected chi connectivity index (χ2v) is 10.8. The van der Waals surface area contributed by atoms with Crippen LogP contribution in [0.5, 0.6) is 0 Å². The van der Waals surface area contributed by atoms with E-state index >= 15 is 0 Å². The summed E-state index contributed by atoms with van der Waals surface area (Å²) in [6, 6.07) is 11.3. The van der Waals surface area contributed by atoms with Gasteiger partial charge in [-0.3, -0.25) is 9.59 Å². The molecule has 2 fully saturated rings. The van der Waals surface area contributed by atoms with Crippen molar-refractivity contribution in [3.8, 4) is 0 Å². The Kier molecular flexibility index (Phi) is 7.33. The summed E-state index contributed by atoms with van der Waals surface area (Å²) >= 11 is 0. The van der Waals surface area contributed by atoms with E-state index in [4.69, 9.17) is 0 Å². The number of ketones is 1. The molecule has 0 unspecified atom stereocenters. The van der Waals surface area contributed by atoms with E-state index in [0.29, 0.717) is 68.3 Å². The first kappa shape index (κ1) is 24.3.